The molecule has 0 spiro atoms. The fourth-order valence-electron chi connectivity index (χ4n) is 2.01. The highest BCUT2D eigenvalue weighted by Gasteiger charge is 2.18. The lowest BCUT2D eigenvalue weighted by Crippen LogP contribution is -2.17. The monoisotopic (exact) mass is 328 g/mol. The van der Waals surface area contributed by atoms with Gasteiger partial charge < -0.3 is 5.32 Å². The number of hydrogen-bond donors (Lipinski definition) is 1. The average molecular weight is 329 g/mol. The molecule has 1 amide bonds. The summed E-state index contributed by atoms with van der Waals surface area (Å²) >= 11 is 7.58. The van der Waals surface area contributed by atoms with Gasteiger partial charge in [-0.3, -0.25) is 4.79 Å². The Kier molecular flexibility index (Phi) is 4.51. The molecule has 1 atom stereocenters. The van der Waals surface area contributed by atoms with Gasteiger partial charge in [0.25, 0.3) is 0 Å². The van der Waals surface area contributed by atoms with Crippen LogP contribution in [0.2, 0.25) is 0 Å². The number of anilines is 1. The Hall–Kier alpha value is -2.17. The lowest BCUT2D eigenvalue weighted by molar-refractivity contribution is -0.116. The molecular formula is C17H13ClN2OS. The predicted octanol–water partition coefficient (Wildman–Crippen LogP) is 4.73. The zero-order chi connectivity index (χ0) is 15.4. The number of rotatable bonds is 4. The van der Waals surface area contributed by atoms with Crippen LogP contribution >= 0.6 is 22.9 Å². The molecule has 5 heteroatoms. The van der Waals surface area contributed by atoms with Crippen molar-refractivity contribution in [3.05, 3.63) is 71.6 Å². The molecule has 1 heterocycles. The first kappa shape index (κ1) is 14.8. The van der Waals surface area contributed by atoms with Crippen molar-refractivity contribution in [3.63, 3.8) is 0 Å². The lowest BCUT2D eigenvalue weighted by atomic mass is 10.1. The number of thiazole rings is 1. The van der Waals surface area contributed by atoms with Crippen LogP contribution in [0.3, 0.4) is 0 Å². The quantitative estimate of drug-likeness (QED) is 0.703. The van der Waals surface area contributed by atoms with E-state index in [0.717, 1.165) is 16.8 Å². The van der Waals surface area contributed by atoms with E-state index in [1.165, 1.54) is 11.3 Å². The van der Waals surface area contributed by atoms with Gasteiger partial charge in [-0.05, 0) is 5.56 Å². The minimum Gasteiger partial charge on any atom is -0.300 e. The van der Waals surface area contributed by atoms with Gasteiger partial charge in [-0.2, -0.15) is 0 Å². The normalized spacial score (nSPS) is 11.9. The molecule has 0 aliphatic heterocycles. The molecule has 3 rings (SSSR count). The average Bonchev–Trinajstić information content (AvgIpc) is 3.04. The summed E-state index contributed by atoms with van der Waals surface area (Å²) in [5.74, 6) is -0.276. The van der Waals surface area contributed by atoms with E-state index < -0.39 is 5.38 Å². The van der Waals surface area contributed by atoms with Crippen LogP contribution in [0.4, 0.5) is 5.13 Å². The minimum absolute atomic E-state index is 0.276. The Morgan fingerprint density at radius 1 is 1.05 bits per heavy atom. The SMILES string of the molecule is O=C(Nc1nc(-c2ccccc2)cs1)[C@@H](Cl)c1ccccc1. The zero-order valence-corrected chi connectivity index (χ0v) is 13.1. The van der Waals surface area contributed by atoms with Gasteiger partial charge in [-0.25, -0.2) is 4.98 Å². The number of nitrogens with one attached hydrogen (secondary N) is 1. The van der Waals surface area contributed by atoms with Crippen LogP contribution in [0.5, 0.6) is 0 Å². The van der Waals surface area contributed by atoms with Crippen LogP contribution in [0.25, 0.3) is 11.3 Å². The van der Waals surface area contributed by atoms with Crippen molar-refractivity contribution in [2.75, 3.05) is 5.32 Å². The van der Waals surface area contributed by atoms with Crippen LogP contribution in [-0.4, -0.2) is 10.9 Å². The van der Waals surface area contributed by atoms with Crippen LogP contribution in [0.1, 0.15) is 10.9 Å². The number of halogens is 1. The highest BCUT2D eigenvalue weighted by molar-refractivity contribution is 7.14. The van der Waals surface area contributed by atoms with Crippen LogP contribution in [-0.2, 0) is 4.79 Å². The van der Waals surface area contributed by atoms with Crippen LogP contribution < -0.4 is 5.32 Å². The topological polar surface area (TPSA) is 42.0 Å². The summed E-state index contributed by atoms with van der Waals surface area (Å²) in [6, 6.07) is 19.1. The molecule has 0 saturated heterocycles. The number of nitrogens with zero attached hydrogens (tertiary/aromatic N) is 1. The maximum atomic E-state index is 12.2. The third-order valence-electron chi connectivity index (χ3n) is 3.13. The molecular weight excluding hydrogens is 316 g/mol. The van der Waals surface area contributed by atoms with Gasteiger partial charge in [0.05, 0.1) is 5.69 Å². The molecule has 0 aliphatic rings. The van der Waals surface area contributed by atoms with E-state index in [9.17, 15) is 4.79 Å². The van der Waals surface area contributed by atoms with Crippen LogP contribution in [0.15, 0.2) is 66.0 Å². The number of alkyl halides is 1. The second-order valence-corrected chi connectivity index (χ2v) is 5.96. The molecule has 0 radical (unpaired) electrons. The van der Waals surface area contributed by atoms with Crippen molar-refractivity contribution < 1.29 is 4.79 Å². The summed E-state index contributed by atoms with van der Waals surface area (Å²) in [6.45, 7) is 0. The van der Waals surface area contributed by atoms with Crippen molar-refractivity contribution in [2.24, 2.45) is 0 Å². The Balaban J connectivity index is 1.71. The van der Waals surface area contributed by atoms with E-state index in [1.807, 2.05) is 66.0 Å². The van der Waals surface area contributed by atoms with Crippen LogP contribution in [0, 0.1) is 0 Å². The highest BCUT2D eigenvalue weighted by Crippen LogP contribution is 2.27. The van der Waals surface area contributed by atoms with Gasteiger partial charge in [-0.1, -0.05) is 60.7 Å². The van der Waals surface area contributed by atoms with E-state index in [0.29, 0.717) is 5.13 Å². The Bertz CT molecular complexity index is 759. The smallest absolute Gasteiger partial charge is 0.248 e. The number of carbonyl (C=O) groups is 1. The second-order valence-electron chi connectivity index (χ2n) is 4.67. The molecule has 22 heavy (non-hydrogen) atoms. The molecule has 1 N–H and O–H groups in total. The van der Waals surface area contributed by atoms with Crippen molar-refractivity contribution in [1.29, 1.82) is 0 Å². The molecule has 0 fully saturated rings. The summed E-state index contributed by atoms with van der Waals surface area (Å²) in [4.78, 5) is 16.6. The molecule has 0 saturated carbocycles. The number of benzene rings is 2. The first-order chi connectivity index (χ1) is 10.7. The summed E-state index contributed by atoms with van der Waals surface area (Å²) < 4.78 is 0. The largest absolute Gasteiger partial charge is 0.300 e. The Morgan fingerprint density at radius 3 is 2.36 bits per heavy atom. The molecule has 2 aromatic carbocycles. The van der Waals surface area contributed by atoms with Gasteiger partial charge >= 0.3 is 0 Å². The van der Waals surface area contributed by atoms with Crippen molar-refractivity contribution in [2.45, 2.75) is 5.38 Å². The fraction of sp³-hybridized carbons (Fsp3) is 0.0588. The molecule has 3 nitrogen and oxygen atoms in total. The molecule has 110 valence electrons. The maximum absolute atomic E-state index is 12.2. The number of hydrogen-bond acceptors (Lipinski definition) is 3. The molecule has 1 aromatic heterocycles. The summed E-state index contributed by atoms with van der Waals surface area (Å²) in [6.07, 6.45) is 0. The molecule has 0 unspecified atom stereocenters. The van der Waals surface area contributed by atoms with E-state index >= 15 is 0 Å². The summed E-state index contributed by atoms with van der Waals surface area (Å²) in [7, 11) is 0. The first-order valence-corrected chi connectivity index (χ1v) is 8.06. The number of aromatic nitrogens is 1. The van der Waals surface area contributed by atoms with Crippen molar-refractivity contribution >= 4 is 34.0 Å². The van der Waals surface area contributed by atoms with Gasteiger partial charge in [0.15, 0.2) is 5.13 Å². The lowest BCUT2D eigenvalue weighted by Gasteiger charge is -2.08. The Morgan fingerprint density at radius 2 is 1.68 bits per heavy atom. The van der Waals surface area contributed by atoms with E-state index in [-0.39, 0.29) is 5.91 Å². The van der Waals surface area contributed by atoms with E-state index in [1.54, 1.807) is 0 Å². The molecule has 0 bridgehead atoms. The maximum Gasteiger partial charge on any atom is 0.248 e. The fourth-order valence-corrected chi connectivity index (χ4v) is 2.94. The predicted molar refractivity (Wildman–Crippen MR) is 91.2 cm³/mol. The summed E-state index contributed by atoms with van der Waals surface area (Å²) in [5.41, 5.74) is 2.62. The van der Waals surface area contributed by atoms with E-state index in [4.69, 9.17) is 11.6 Å². The molecule has 0 aliphatic carbocycles. The first-order valence-electron chi connectivity index (χ1n) is 6.75. The molecule has 3 aromatic rings. The Labute approximate surface area is 137 Å². The van der Waals surface area contributed by atoms with Gasteiger partial charge in [-0.15, -0.1) is 22.9 Å². The minimum atomic E-state index is -0.731. The second kappa shape index (κ2) is 6.73. The van der Waals surface area contributed by atoms with Gasteiger partial charge in [0.1, 0.15) is 5.38 Å². The third kappa shape index (κ3) is 3.35. The highest BCUT2D eigenvalue weighted by atomic mass is 35.5. The van der Waals surface area contributed by atoms with Gasteiger partial charge in [0, 0.05) is 10.9 Å². The van der Waals surface area contributed by atoms with Crippen molar-refractivity contribution in [1.82, 2.24) is 4.98 Å². The number of carbonyl (C=O) groups excluding carboxylic acids is 1. The third-order valence-corrected chi connectivity index (χ3v) is 4.33. The summed E-state index contributed by atoms with van der Waals surface area (Å²) in [5, 5.41) is 4.50. The van der Waals surface area contributed by atoms with Gasteiger partial charge in [0.2, 0.25) is 5.91 Å². The van der Waals surface area contributed by atoms with E-state index in [2.05, 4.69) is 10.3 Å². The van der Waals surface area contributed by atoms with Crippen molar-refractivity contribution in [3.8, 4) is 11.3 Å². The standard InChI is InChI=1S/C17H13ClN2OS/c18-15(13-9-5-2-6-10-13)16(21)20-17-19-14(11-22-17)12-7-3-1-4-8-12/h1-11,15H,(H,19,20,21)/t15-/m0/s1. The zero-order valence-electron chi connectivity index (χ0n) is 11.6. The number of amides is 1.